The fourth-order valence-electron chi connectivity index (χ4n) is 2.70. The highest BCUT2D eigenvalue weighted by Crippen LogP contribution is 2.23. The second-order valence-corrected chi connectivity index (χ2v) is 4.85. The van der Waals surface area contributed by atoms with Crippen LogP contribution in [0.3, 0.4) is 0 Å². The van der Waals surface area contributed by atoms with Gasteiger partial charge < -0.3 is 13.9 Å². The molecule has 1 fully saturated rings. The van der Waals surface area contributed by atoms with E-state index >= 15 is 0 Å². The number of amides is 1. The van der Waals surface area contributed by atoms with Crippen molar-refractivity contribution in [3.63, 3.8) is 0 Å². The zero-order chi connectivity index (χ0) is 12.5. The van der Waals surface area contributed by atoms with Gasteiger partial charge in [0.05, 0.1) is 11.8 Å². The molecule has 3 heterocycles. The number of furan rings is 1. The summed E-state index contributed by atoms with van der Waals surface area (Å²) < 4.78 is 7.49. The Balaban J connectivity index is 2.01. The second-order valence-electron chi connectivity index (χ2n) is 4.85. The first-order chi connectivity index (χ1) is 8.81. The van der Waals surface area contributed by atoms with Gasteiger partial charge in [0.15, 0.2) is 5.58 Å². The molecular formula is C14H18N2O2. The van der Waals surface area contributed by atoms with Crippen LogP contribution in [0.4, 0.5) is 0 Å². The van der Waals surface area contributed by atoms with Gasteiger partial charge in [0.2, 0.25) is 0 Å². The lowest BCUT2D eigenvalue weighted by molar-refractivity contribution is 0.0782. The van der Waals surface area contributed by atoms with Gasteiger partial charge >= 0.3 is 0 Å². The fraction of sp³-hybridized carbons (Fsp3) is 0.500. The highest BCUT2D eigenvalue weighted by molar-refractivity contribution is 5.97. The third kappa shape index (κ3) is 1.72. The maximum Gasteiger partial charge on any atom is 0.270 e. The summed E-state index contributed by atoms with van der Waals surface area (Å²) in [6.07, 6.45) is 4.93. The Morgan fingerprint density at radius 2 is 2.17 bits per heavy atom. The van der Waals surface area contributed by atoms with E-state index in [9.17, 15) is 4.79 Å². The van der Waals surface area contributed by atoms with E-state index in [0.29, 0.717) is 0 Å². The van der Waals surface area contributed by atoms with E-state index in [1.807, 2.05) is 17.0 Å². The Labute approximate surface area is 106 Å². The number of nitrogens with zero attached hydrogens (tertiary/aromatic N) is 2. The standard InChI is InChI=1S/C14H18N2O2/c1-2-6-16-11-5-9-18-13(11)10-12(16)14(17)15-7-3-4-8-15/h5,9-10H,2-4,6-8H2,1H3. The molecule has 18 heavy (non-hydrogen) atoms. The molecule has 4 nitrogen and oxygen atoms in total. The van der Waals surface area contributed by atoms with Crippen molar-refractivity contribution in [1.29, 1.82) is 0 Å². The van der Waals surface area contributed by atoms with E-state index in [4.69, 9.17) is 4.42 Å². The van der Waals surface area contributed by atoms with Crippen molar-refractivity contribution < 1.29 is 9.21 Å². The molecule has 1 saturated heterocycles. The molecule has 0 saturated carbocycles. The quantitative estimate of drug-likeness (QED) is 0.835. The molecule has 4 heteroatoms. The minimum absolute atomic E-state index is 0.146. The average Bonchev–Trinajstić information content (AvgIpc) is 3.06. The summed E-state index contributed by atoms with van der Waals surface area (Å²) in [5.41, 5.74) is 2.61. The number of carbonyl (C=O) groups is 1. The number of hydrogen-bond donors (Lipinski definition) is 0. The van der Waals surface area contributed by atoms with Crippen LogP contribution in [0.1, 0.15) is 36.7 Å². The lowest BCUT2D eigenvalue weighted by atomic mass is 10.3. The molecule has 0 bridgehead atoms. The maximum absolute atomic E-state index is 12.5. The SMILES string of the molecule is CCCn1c(C(=O)N2CCCC2)cc2occc21. The summed E-state index contributed by atoms with van der Waals surface area (Å²) in [4.78, 5) is 14.4. The summed E-state index contributed by atoms with van der Waals surface area (Å²) in [5.74, 6) is 0.146. The second kappa shape index (κ2) is 4.52. The van der Waals surface area contributed by atoms with Gasteiger partial charge in [-0.1, -0.05) is 6.92 Å². The maximum atomic E-state index is 12.5. The fourth-order valence-corrected chi connectivity index (χ4v) is 2.70. The number of carbonyl (C=O) groups excluding carboxylic acids is 1. The van der Waals surface area contributed by atoms with Crippen LogP contribution in [0.2, 0.25) is 0 Å². The highest BCUT2D eigenvalue weighted by atomic mass is 16.3. The van der Waals surface area contributed by atoms with Gasteiger partial charge in [0, 0.05) is 31.8 Å². The first kappa shape index (κ1) is 11.4. The monoisotopic (exact) mass is 246 g/mol. The van der Waals surface area contributed by atoms with Crippen LogP contribution in [0, 0.1) is 0 Å². The number of hydrogen-bond acceptors (Lipinski definition) is 2. The summed E-state index contributed by atoms with van der Waals surface area (Å²) in [6, 6.07) is 3.82. The minimum atomic E-state index is 0.146. The number of fused-ring (bicyclic) bond motifs is 1. The zero-order valence-corrected chi connectivity index (χ0v) is 10.7. The third-order valence-corrected chi connectivity index (χ3v) is 3.58. The molecule has 0 aromatic carbocycles. The van der Waals surface area contributed by atoms with Crippen molar-refractivity contribution in [2.24, 2.45) is 0 Å². The van der Waals surface area contributed by atoms with Crippen molar-refractivity contribution in [3.05, 3.63) is 24.1 Å². The van der Waals surface area contributed by atoms with Crippen molar-refractivity contribution >= 4 is 17.0 Å². The van der Waals surface area contributed by atoms with Crippen LogP contribution >= 0.6 is 0 Å². The van der Waals surface area contributed by atoms with Gasteiger partial charge in [-0.15, -0.1) is 0 Å². The van der Waals surface area contributed by atoms with Crippen LogP contribution in [0.5, 0.6) is 0 Å². The van der Waals surface area contributed by atoms with Crippen molar-refractivity contribution in [3.8, 4) is 0 Å². The van der Waals surface area contributed by atoms with Gasteiger partial charge in [-0.3, -0.25) is 4.79 Å². The van der Waals surface area contributed by atoms with Crippen LogP contribution in [0.15, 0.2) is 22.8 Å². The van der Waals surface area contributed by atoms with Crippen LogP contribution < -0.4 is 0 Å². The zero-order valence-electron chi connectivity index (χ0n) is 10.7. The van der Waals surface area contributed by atoms with E-state index in [2.05, 4.69) is 11.5 Å². The Bertz CT molecular complexity index is 561. The predicted octanol–water partition coefficient (Wildman–Crippen LogP) is 2.88. The molecule has 0 radical (unpaired) electrons. The predicted molar refractivity (Wildman–Crippen MR) is 69.6 cm³/mol. The van der Waals surface area contributed by atoms with Crippen LogP contribution in [-0.2, 0) is 6.54 Å². The van der Waals surface area contributed by atoms with E-state index < -0.39 is 0 Å². The first-order valence-electron chi connectivity index (χ1n) is 6.67. The van der Waals surface area contributed by atoms with Crippen LogP contribution in [0.25, 0.3) is 11.1 Å². The number of likely N-dealkylation sites (tertiary alicyclic amines) is 1. The molecule has 1 aliphatic heterocycles. The number of aryl methyl sites for hydroxylation is 1. The lowest BCUT2D eigenvalue weighted by Crippen LogP contribution is -2.29. The van der Waals surface area contributed by atoms with Gasteiger partial charge in [-0.25, -0.2) is 0 Å². The van der Waals surface area contributed by atoms with Gasteiger partial charge in [0.25, 0.3) is 5.91 Å². The van der Waals surface area contributed by atoms with Gasteiger partial charge in [-0.2, -0.15) is 0 Å². The molecule has 2 aromatic heterocycles. The van der Waals surface area contributed by atoms with E-state index in [1.165, 1.54) is 0 Å². The topological polar surface area (TPSA) is 38.4 Å². The van der Waals surface area contributed by atoms with E-state index in [-0.39, 0.29) is 5.91 Å². The Morgan fingerprint density at radius 3 is 2.89 bits per heavy atom. The summed E-state index contributed by atoms with van der Waals surface area (Å²) in [7, 11) is 0. The van der Waals surface area contributed by atoms with Gasteiger partial charge in [0.1, 0.15) is 5.69 Å². The summed E-state index contributed by atoms with van der Waals surface area (Å²) in [6.45, 7) is 4.75. The molecular weight excluding hydrogens is 228 g/mol. The molecule has 96 valence electrons. The molecule has 0 spiro atoms. The molecule has 0 unspecified atom stereocenters. The summed E-state index contributed by atoms with van der Waals surface area (Å²) >= 11 is 0. The molecule has 1 aliphatic rings. The molecule has 0 N–H and O–H groups in total. The average molecular weight is 246 g/mol. The van der Waals surface area contributed by atoms with Gasteiger partial charge in [-0.05, 0) is 19.3 Å². The van der Waals surface area contributed by atoms with E-state index in [0.717, 1.165) is 55.7 Å². The lowest BCUT2D eigenvalue weighted by Gasteiger charge is -2.16. The minimum Gasteiger partial charge on any atom is -0.463 e. The number of rotatable bonds is 3. The molecule has 3 rings (SSSR count). The van der Waals surface area contributed by atoms with Crippen molar-refractivity contribution in [2.45, 2.75) is 32.7 Å². The normalized spacial score (nSPS) is 15.7. The van der Waals surface area contributed by atoms with Crippen molar-refractivity contribution in [2.75, 3.05) is 13.1 Å². The first-order valence-corrected chi connectivity index (χ1v) is 6.67. The smallest absolute Gasteiger partial charge is 0.270 e. The number of aromatic nitrogens is 1. The third-order valence-electron chi connectivity index (χ3n) is 3.58. The Morgan fingerprint density at radius 1 is 1.39 bits per heavy atom. The molecule has 0 aliphatic carbocycles. The Hall–Kier alpha value is -1.71. The summed E-state index contributed by atoms with van der Waals surface area (Å²) in [5, 5.41) is 0. The molecule has 0 atom stereocenters. The largest absolute Gasteiger partial charge is 0.463 e. The molecule has 2 aromatic rings. The van der Waals surface area contributed by atoms with Crippen molar-refractivity contribution in [1.82, 2.24) is 9.47 Å². The van der Waals surface area contributed by atoms with E-state index in [1.54, 1.807) is 6.26 Å². The van der Waals surface area contributed by atoms with Crippen LogP contribution in [-0.4, -0.2) is 28.5 Å². The molecule has 1 amide bonds. The Kier molecular flexibility index (Phi) is 2.86. The highest BCUT2D eigenvalue weighted by Gasteiger charge is 2.24.